The van der Waals surface area contributed by atoms with Crippen LogP contribution in [0.5, 0.6) is 0 Å². The van der Waals surface area contributed by atoms with Gasteiger partial charge in [0.2, 0.25) is 17.7 Å². The molecule has 2 heterocycles. The third-order valence-electron chi connectivity index (χ3n) is 2.69. The number of hydrogen-bond donors (Lipinski definition) is 2. The van der Waals surface area contributed by atoms with Crippen molar-refractivity contribution in [3.63, 3.8) is 0 Å². The maximum Gasteiger partial charge on any atom is 0.305 e. The highest BCUT2D eigenvalue weighted by Crippen LogP contribution is 2.20. The molecule has 1 unspecified atom stereocenters. The predicted molar refractivity (Wildman–Crippen MR) is 75.8 cm³/mol. The third kappa shape index (κ3) is 4.67. The molecule has 2 aromatic heterocycles. The lowest BCUT2D eigenvalue weighted by molar-refractivity contribution is -0.137. The van der Waals surface area contributed by atoms with Crippen molar-refractivity contribution in [1.29, 1.82) is 0 Å². The molecule has 2 rings (SSSR count). The van der Waals surface area contributed by atoms with Gasteiger partial charge in [0.25, 0.3) is 0 Å². The first-order valence-corrected chi connectivity index (χ1v) is 7.35. The summed E-state index contributed by atoms with van der Waals surface area (Å²) in [6.45, 7) is 1.65. The molecule has 0 fully saturated rings. The summed E-state index contributed by atoms with van der Waals surface area (Å²) in [6.07, 6.45) is 0.395. The Bertz CT molecular complexity index is 609. The van der Waals surface area contributed by atoms with Crippen molar-refractivity contribution < 1.29 is 19.1 Å². The van der Waals surface area contributed by atoms with Crippen LogP contribution in [0.4, 0.5) is 0 Å². The molecule has 8 heteroatoms. The van der Waals surface area contributed by atoms with Crippen molar-refractivity contribution in [2.45, 2.75) is 32.2 Å². The number of nitrogens with zero attached hydrogens (tertiary/aromatic N) is 2. The van der Waals surface area contributed by atoms with Gasteiger partial charge in [-0.3, -0.25) is 9.59 Å². The van der Waals surface area contributed by atoms with Gasteiger partial charge >= 0.3 is 5.97 Å². The van der Waals surface area contributed by atoms with E-state index in [2.05, 4.69) is 15.5 Å². The molecule has 0 aromatic carbocycles. The SMILES string of the molecule is CC(CC(=O)O)NC(=O)CCc1nnc(-c2ccsc2)o1. The van der Waals surface area contributed by atoms with Gasteiger partial charge in [-0.2, -0.15) is 11.3 Å². The van der Waals surface area contributed by atoms with Gasteiger partial charge in [0, 0.05) is 29.8 Å². The normalized spacial score (nSPS) is 12.0. The van der Waals surface area contributed by atoms with E-state index in [0.29, 0.717) is 18.2 Å². The van der Waals surface area contributed by atoms with Crippen LogP contribution >= 0.6 is 11.3 Å². The number of carboxylic acids is 1. The van der Waals surface area contributed by atoms with Crippen LogP contribution in [0.15, 0.2) is 21.2 Å². The summed E-state index contributed by atoms with van der Waals surface area (Å²) < 4.78 is 5.46. The van der Waals surface area contributed by atoms with Crippen LogP contribution in [0.25, 0.3) is 11.5 Å². The number of aryl methyl sites for hydroxylation is 1. The monoisotopic (exact) mass is 309 g/mol. The second-order valence-corrected chi connectivity index (χ2v) is 5.36. The van der Waals surface area contributed by atoms with Crippen molar-refractivity contribution in [2.75, 3.05) is 0 Å². The highest BCUT2D eigenvalue weighted by molar-refractivity contribution is 7.08. The summed E-state index contributed by atoms with van der Waals surface area (Å²) >= 11 is 1.53. The van der Waals surface area contributed by atoms with Gasteiger partial charge in [0.15, 0.2) is 0 Å². The number of thiophene rings is 1. The maximum absolute atomic E-state index is 11.7. The molecule has 0 aliphatic carbocycles. The number of carbonyl (C=O) groups is 2. The first kappa shape index (κ1) is 15.2. The van der Waals surface area contributed by atoms with E-state index < -0.39 is 12.0 Å². The fourth-order valence-corrected chi connectivity index (χ4v) is 2.37. The number of nitrogens with one attached hydrogen (secondary N) is 1. The Balaban J connectivity index is 1.80. The second-order valence-electron chi connectivity index (χ2n) is 4.58. The van der Waals surface area contributed by atoms with Gasteiger partial charge in [0.05, 0.1) is 6.42 Å². The fraction of sp³-hybridized carbons (Fsp3) is 0.385. The van der Waals surface area contributed by atoms with Crippen LogP contribution < -0.4 is 5.32 Å². The van der Waals surface area contributed by atoms with E-state index in [-0.39, 0.29) is 18.7 Å². The van der Waals surface area contributed by atoms with Crippen LogP contribution in [0, 0.1) is 0 Å². The van der Waals surface area contributed by atoms with Crippen molar-refractivity contribution >= 4 is 23.2 Å². The molecule has 0 saturated heterocycles. The Morgan fingerprint density at radius 3 is 2.95 bits per heavy atom. The average Bonchev–Trinajstić information content (AvgIpc) is 3.06. The van der Waals surface area contributed by atoms with E-state index in [0.717, 1.165) is 5.56 Å². The van der Waals surface area contributed by atoms with Gasteiger partial charge in [-0.1, -0.05) is 0 Å². The average molecular weight is 309 g/mol. The smallest absolute Gasteiger partial charge is 0.305 e. The van der Waals surface area contributed by atoms with E-state index in [4.69, 9.17) is 9.52 Å². The summed E-state index contributed by atoms with van der Waals surface area (Å²) in [5.41, 5.74) is 0.860. The van der Waals surface area contributed by atoms with E-state index >= 15 is 0 Å². The Morgan fingerprint density at radius 1 is 1.48 bits per heavy atom. The lowest BCUT2D eigenvalue weighted by Gasteiger charge is -2.10. The summed E-state index contributed by atoms with van der Waals surface area (Å²) in [5.74, 6) is -0.359. The summed E-state index contributed by atoms with van der Waals surface area (Å²) in [6, 6.07) is 1.47. The number of carbonyl (C=O) groups excluding carboxylic acids is 1. The molecular weight excluding hydrogens is 294 g/mol. The van der Waals surface area contributed by atoms with Gasteiger partial charge in [-0.15, -0.1) is 10.2 Å². The minimum absolute atomic E-state index is 0.103. The zero-order valence-electron chi connectivity index (χ0n) is 11.4. The minimum Gasteiger partial charge on any atom is -0.481 e. The first-order chi connectivity index (χ1) is 10.0. The third-order valence-corrected chi connectivity index (χ3v) is 3.37. The molecular formula is C13H15N3O4S. The summed E-state index contributed by atoms with van der Waals surface area (Å²) in [5, 5.41) is 22.8. The van der Waals surface area contributed by atoms with Crippen LogP contribution in [0.3, 0.4) is 0 Å². The quantitative estimate of drug-likeness (QED) is 0.806. The second kappa shape index (κ2) is 6.98. The van der Waals surface area contributed by atoms with Crippen molar-refractivity contribution in [2.24, 2.45) is 0 Å². The number of amides is 1. The van der Waals surface area contributed by atoms with Crippen LogP contribution in [-0.2, 0) is 16.0 Å². The molecule has 112 valence electrons. The Morgan fingerprint density at radius 2 is 2.29 bits per heavy atom. The molecule has 1 amide bonds. The number of aliphatic carboxylic acids is 1. The Hall–Kier alpha value is -2.22. The zero-order chi connectivity index (χ0) is 15.2. The van der Waals surface area contributed by atoms with E-state index in [1.54, 1.807) is 6.92 Å². The maximum atomic E-state index is 11.7. The molecule has 2 aromatic rings. The van der Waals surface area contributed by atoms with Crippen LogP contribution in [0.2, 0.25) is 0 Å². The number of aromatic nitrogens is 2. The zero-order valence-corrected chi connectivity index (χ0v) is 12.2. The van der Waals surface area contributed by atoms with E-state index in [9.17, 15) is 9.59 Å². The fourth-order valence-electron chi connectivity index (χ4n) is 1.74. The molecule has 0 spiro atoms. The molecule has 2 N–H and O–H groups in total. The lowest BCUT2D eigenvalue weighted by atomic mass is 10.2. The van der Waals surface area contributed by atoms with Gasteiger partial charge in [0.1, 0.15) is 0 Å². The molecule has 0 bridgehead atoms. The van der Waals surface area contributed by atoms with Gasteiger partial charge < -0.3 is 14.8 Å². The van der Waals surface area contributed by atoms with E-state index in [1.165, 1.54) is 11.3 Å². The highest BCUT2D eigenvalue weighted by Gasteiger charge is 2.13. The predicted octanol–water partition coefficient (Wildman–Crippen LogP) is 1.71. The molecule has 1 atom stereocenters. The van der Waals surface area contributed by atoms with Crippen molar-refractivity contribution in [3.05, 3.63) is 22.7 Å². The molecule has 0 radical (unpaired) electrons. The first-order valence-electron chi connectivity index (χ1n) is 6.40. The molecule has 0 aliphatic heterocycles. The van der Waals surface area contributed by atoms with Gasteiger partial charge in [-0.05, 0) is 18.4 Å². The largest absolute Gasteiger partial charge is 0.481 e. The van der Waals surface area contributed by atoms with Crippen molar-refractivity contribution in [1.82, 2.24) is 15.5 Å². The molecule has 0 saturated carbocycles. The molecule has 21 heavy (non-hydrogen) atoms. The summed E-state index contributed by atoms with van der Waals surface area (Å²) in [7, 11) is 0. The number of rotatable bonds is 7. The van der Waals surface area contributed by atoms with Crippen LogP contribution in [0.1, 0.15) is 25.7 Å². The highest BCUT2D eigenvalue weighted by atomic mass is 32.1. The Kier molecular flexibility index (Phi) is 5.04. The Labute approximate surface area is 125 Å². The van der Waals surface area contributed by atoms with Gasteiger partial charge in [-0.25, -0.2) is 0 Å². The summed E-state index contributed by atoms with van der Waals surface area (Å²) in [4.78, 5) is 22.2. The van der Waals surface area contributed by atoms with Crippen molar-refractivity contribution in [3.8, 4) is 11.5 Å². The molecule has 0 aliphatic rings. The standard InChI is InChI=1S/C13H15N3O4S/c1-8(6-12(18)19)14-10(17)2-3-11-15-16-13(20-11)9-4-5-21-7-9/h4-5,7-8H,2-3,6H2,1H3,(H,14,17)(H,18,19). The minimum atomic E-state index is -0.944. The number of carboxylic acid groups (broad SMARTS) is 1. The number of hydrogen-bond acceptors (Lipinski definition) is 6. The topological polar surface area (TPSA) is 105 Å². The van der Waals surface area contributed by atoms with Crippen LogP contribution in [-0.4, -0.2) is 33.2 Å². The van der Waals surface area contributed by atoms with E-state index in [1.807, 2.05) is 16.8 Å². The molecule has 7 nitrogen and oxygen atoms in total. The lowest BCUT2D eigenvalue weighted by Crippen LogP contribution is -2.34.